The molecule has 2 rings (SSSR count). The van der Waals surface area contributed by atoms with Crippen molar-refractivity contribution in [1.29, 1.82) is 0 Å². The molecule has 1 aromatic rings. The van der Waals surface area contributed by atoms with Gasteiger partial charge in [0, 0.05) is 5.41 Å². The van der Waals surface area contributed by atoms with E-state index in [1.807, 2.05) is 13.8 Å². The van der Waals surface area contributed by atoms with Crippen molar-refractivity contribution >= 4 is 34.8 Å². The molecular formula is C16H21Cl2NO2. The number of phenols is 1. The fourth-order valence-electron chi connectivity index (χ4n) is 2.96. The standard InChI is InChI=1S/C16H21Cl2NO2/c1-16(2,9-10-5-3-4-6-10)15(21)19-11-7-8-12(20)14(18)13(11)17/h7-8,10,20H,3-6,9H2,1-2H3,(H,19,21). The molecule has 21 heavy (non-hydrogen) atoms. The summed E-state index contributed by atoms with van der Waals surface area (Å²) in [6.07, 6.45) is 5.83. The summed E-state index contributed by atoms with van der Waals surface area (Å²) in [7, 11) is 0. The molecule has 1 fully saturated rings. The first-order valence-electron chi connectivity index (χ1n) is 7.29. The molecule has 0 bridgehead atoms. The zero-order valence-electron chi connectivity index (χ0n) is 12.4. The molecule has 0 spiro atoms. The molecule has 116 valence electrons. The van der Waals surface area contributed by atoms with Crippen molar-refractivity contribution in [1.82, 2.24) is 0 Å². The van der Waals surface area contributed by atoms with Crippen LogP contribution < -0.4 is 5.32 Å². The van der Waals surface area contributed by atoms with Crippen molar-refractivity contribution in [2.45, 2.75) is 46.0 Å². The topological polar surface area (TPSA) is 49.3 Å². The van der Waals surface area contributed by atoms with Gasteiger partial charge in [-0.3, -0.25) is 4.79 Å². The second kappa shape index (κ2) is 6.45. The van der Waals surface area contributed by atoms with Gasteiger partial charge in [0.1, 0.15) is 10.8 Å². The maximum Gasteiger partial charge on any atom is 0.230 e. The molecule has 0 aromatic heterocycles. The Labute approximate surface area is 135 Å². The van der Waals surface area contributed by atoms with E-state index in [0.29, 0.717) is 11.6 Å². The second-order valence-electron chi connectivity index (χ2n) is 6.45. The Morgan fingerprint density at radius 1 is 1.29 bits per heavy atom. The van der Waals surface area contributed by atoms with Gasteiger partial charge in [0.05, 0.1) is 10.7 Å². The summed E-state index contributed by atoms with van der Waals surface area (Å²) in [5.74, 6) is 0.465. The third kappa shape index (κ3) is 3.83. The van der Waals surface area contributed by atoms with Crippen molar-refractivity contribution in [2.75, 3.05) is 5.32 Å². The number of phenolic OH excluding ortho intramolecular Hbond substituents is 1. The van der Waals surface area contributed by atoms with Crippen LogP contribution in [0.2, 0.25) is 10.0 Å². The summed E-state index contributed by atoms with van der Waals surface area (Å²) in [5.41, 5.74) is -0.0214. The van der Waals surface area contributed by atoms with Crippen LogP contribution in [0.25, 0.3) is 0 Å². The molecule has 5 heteroatoms. The van der Waals surface area contributed by atoms with Gasteiger partial charge in [0.15, 0.2) is 0 Å². The van der Waals surface area contributed by atoms with Gasteiger partial charge in [-0.1, -0.05) is 62.7 Å². The molecule has 0 saturated heterocycles. The average Bonchev–Trinajstić information content (AvgIpc) is 2.91. The summed E-state index contributed by atoms with van der Waals surface area (Å²) in [6.45, 7) is 3.91. The number of hydrogen-bond acceptors (Lipinski definition) is 2. The van der Waals surface area contributed by atoms with E-state index in [1.54, 1.807) is 6.07 Å². The first-order chi connectivity index (χ1) is 9.81. The largest absolute Gasteiger partial charge is 0.506 e. The van der Waals surface area contributed by atoms with Crippen LogP contribution in [0, 0.1) is 11.3 Å². The van der Waals surface area contributed by atoms with Gasteiger partial charge in [-0.05, 0) is 24.5 Å². The number of carbonyl (C=O) groups excluding carboxylic acids is 1. The van der Waals surface area contributed by atoms with E-state index in [9.17, 15) is 9.90 Å². The summed E-state index contributed by atoms with van der Waals surface area (Å²) >= 11 is 11.9. The molecule has 2 N–H and O–H groups in total. The summed E-state index contributed by atoms with van der Waals surface area (Å²) < 4.78 is 0. The fourth-order valence-corrected chi connectivity index (χ4v) is 3.33. The Morgan fingerprint density at radius 2 is 1.90 bits per heavy atom. The zero-order chi connectivity index (χ0) is 15.6. The lowest BCUT2D eigenvalue weighted by molar-refractivity contribution is -0.124. The van der Waals surface area contributed by atoms with Gasteiger partial charge in [0.25, 0.3) is 0 Å². The van der Waals surface area contributed by atoms with Crippen molar-refractivity contribution in [2.24, 2.45) is 11.3 Å². The predicted octanol–water partition coefficient (Wildman–Crippen LogP) is 5.24. The lowest BCUT2D eigenvalue weighted by Crippen LogP contribution is -2.32. The third-order valence-electron chi connectivity index (χ3n) is 4.20. The van der Waals surface area contributed by atoms with E-state index >= 15 is 0 Å². The predicted molar refractivity (Wildman–Crippen MR) is 87.1 cm³/mol. The maximum atomic E-state index is 12.5. The van der Waals surface area contributed by atoms with E-state index in [1.165, 1.54) is 31.7 Å². The first-order valence-corrected chi connectivity index (χ1v) is 8.05. The molecule has 1 amide bonds. The number of rotatable bonds is 4. The molecule has 3 nitrogen and oxygen atoms in total. The van der Waals surface area contributed by atoms with E-state index < -0.39 is 5.41 Å². The molecule has 0 atom stereocenters. The molecule has 0 radical (unpaired) electrons. The van der Waals surface area contributed by atoms with Gasteiger partial charge in [-0.15, -0.1) is 0 Å². The molecule has 1 saturated carbocycles. The van der Waals surface area contributed by atoms with Crippen molar-refractivity contribution in [3.05, 3.63) is 22.2 Å². The van der Waals surface area contributed by atoms with Crippen LogP contribution in [0.5, 0.6) is 5.75 Å². The van der Waals surface area contributed by atoms with Crippen LogP contribution in [-0.4, -0.2) is 11.0 Å². The number of benzene rings is 1. The van der Waals surface area contributed by atoms with E-state index in [0.717, 1.165) is 6.42 Å². The van der Waals surface area contributed by atoms with Crippen LogP contribution in [-0.2, 0) is 4.79 Å². The number of hydrogen-bond donors (Lipinski definition) is 2. The second-order valence-corrected chi connectivity index (χ2v) is 7.21. The van der Waals surface area contributed by atoms with Crippen LogP contribution in [0.3, 0.4) is 0 Å². The van der Waals surface area contributed by atoms with E-state index in [4.69, 9.17) is 23.2 Å². The van der Waals surface area contributed by atoms with Crippen molar-refractivity contribution in [3.63, 3.8) is 0 Å². The molecule has 1 aromatic carbocycles. The maximum absolute atomic E-state index is 12.5. The van der Waals surface area contributed by atoms with Gasteiger partial charge < -0.3 is 10.4 Å². The highest BCUT2D eigenvalue weighted by Gasteiger charge is 2.32. The Bertz CT molecular complexity index is 537. The Kier molecular flexibility index (Phi) is 5.05. The van der Waals surface area contributed by atoms with Gasteiger partial charge in [-0.25, -0.2) is 0 Å². The molecule has 1 aliphatic carbocycles. The lowest BCUT2D eigenvalue weighted by Gasteiger charge is -2.27. The zero-order valence-corrected chi connectivity index (χ0v) is 13.9. The lowest BCUT2D eigenvalue weighted by atomic mass is 9.81. The number of aromatic hydroxyl groups is 1. The highest BCUT2D eigenvalue weighted by Crippen LogP contribution is 2.39. The smallest absolute Gasteiger partial charge is 0.230 e. The molecule has 0 aliphatic heterocycles. The minimum absolute atomic E-state index is 0.0584. The van der Waals surface area contributed by atoms with Crippen molar-refractivity contribution in [3.8, 4) is 5.75 Å². The number of anilines is 1. The quantitative estimate of drug-likeness (QED) is 0.741. The minimum Gasteiger partial charge on any atom is -0.506 e. The fraction of sp³-hybridized carbons (Fsp3) is 0.562. The molecule has 0 unspecified atom stereocenters. The summed E-state index contributed by atoms with van der Waals surface area (Å²) in [4.78, 5) is 12.5. The Morgan fingerprint density at radius 3 is 2.52 bits per heavy atom. The number of halogens is 2. The van der Waals surface area contributed by atoms with Crippen LogP contribution >= 0.6 is 23.2 Å². The SMILES string of the molecule is CC(C)(CC1CCCC1)C(=O)Nc1ccc(O)c(Cl)c1Cl. The van der Waals surface area contributed by atoms with Gasteiger partial charge in [-0.2, -0.15) is 0 Å². The summed E-state index contributed by atoms with van der Waals surface area (Å²) in [6, 6.07) is 2.99. The van der Waals surface area contributed by atoms with Crippen LogP contribution in [0.15, 0.2) is 12.1 Å². The molecular weight excluding hydrogens is 309 g/mol. The number of nitrogens with one attached hydrogen (secondary N) is 1. The van der Waals surface area contributed by atoms with Crippen molar-refractivity contribution < 1.29 is 9.90 Å². The van der Waals surface area contributed by atoms with E-state index in [2.05, 4.69) is 5.32 Å². The number of carbonyl (C=O) groups is 1. The molecule has 1 aliphatic rings. The first kappa shape index (κ1) is 16.4. The number of amides is 1. The average molecular weight is 330 g/mol. The Hall–Kier alpha value is -0.930. The minimum atomic E-state index is -0.456. The summed E-state index contributed by atoms with van der Waals surface area (Å²) in [5, 5.41) is 12.5. The normalized spacial score (nSPS) is 16.2. The van der Waals surface area contributed by atoms with Crippen LogP contribution in [0.1, 0.15) is 46.0 Å². The monoisotopic (exact) mass is 329 g/mol. The Balaban J connectivity index is 2.07. The van der Waals surface area contributed by atoms with E-state index in [-0.39, 0.29) is 21.7 Å². The van der Waals surface area contributed by atoms with Gasteiger partial charge in [0.2, 0.25) is 5.91 Å². The van der Waals surface area contributed by atoms with Crippen LogP contribution in [0.4, 0.5) is 5.69 Å². The highest BCUT2D eigenvalue weighted by molar-refractivity contribution is 6.44. The van der Waals surface area contributed by atoms with Gasteiger partial charge >= 0.3 is 0 Å². The highest BCUT2D eigenvalue weighted by atomic mass is 35.5. The third-order valence-corrected chi connectivity index (χ3v) is 5.07. The molecule has 0 heterocycles.